The Kier molecular flexibility index (Phi) is 7.23. The van der Waals surface area contributed by atoms with E-state index >= 15 is 0 Å². The molecule has 0 bridgehead atoms. The Bertz CT molecular complexity index is 1030. The second-order valence-electron chi connectivity index (χ2n) is 9.74. The average Bonchev–Trinajstić information content (AvgIpc) is 2.69. The highest BCUT2D eigenvalue weighted by molar-refractivity contribution is 5.69. The smallest absolute Gasteiger partial charge is 0.305 e. The van der Waals surface area contributed by atoms with Crippen molar-refractivity contribution in [1.82, 2.24) is 9.97 Å². The first kappa shape index (κ1) is 23.8. The predicted molar refractivity (Wildman–Crippen MR) is 126 cm³/mol. The number of esters is 1. The van der Waals surface area contributed by atoms with Gasteiger partial charge in [0.2, 0.25) is 0 Å². The number of carbonyl (C=O) groups is 1. The maximum atomic E-state index is 11.4. The molecule has 0 spiro atoms. The number of ether oxygens (including phenoxy) is 2. The molecule has 5 nitrogen and oxygen atoms in total. The maximum Gasteiger partial charge on any atom is 0.305 e. The van der Waals surface area contributed by atoms with Crippen LogP contribution in [-0.4, -0.2) is 28.1 Å². The van der Waals surface area contributed by atoms with Crippen molar-refractivity contribution < 1.29 is 14.3 Å². The van der Waals surface area contributed by atoms with E-state index in [1.165, 1.54) is 5.56 Å². The molecule has 0 saturated heterocycles. The van der Waals surface area contributed by atoms with Gasteiger partial charge in [0.05, 0.1) is 18.5 Å². The van der Waals surface area contributed by atoms with Crippen LogP contribution in [0.3, 0.4) is 0 Å². The molecular formula is C27H34N2O3. The summed E-state index contributed by atoms with van der Waals surface area (Å²) in [6, 6.07) is 4.27. The summed E-state index contributed by atoms with van der Waals surface area (Å²) in [6.07, 6.45) is 7.35. The Morgan fingerprint density at radius 3 is 2.59 bits per heavy atom. The lowest BCUT2D eigenvalue weighted by atomic mass is 9.73. The molecule has 0 unspecified atom stereocenters. The summed E-state index contributed by atoms with van der Waals surface area (Å²) in [7, 11) is 0. The number of carbonyl (C=O) groups excluding carboxylic acids is 1. The molecule has 0 N–H and O–H groups in total. The Balaban J connectivity index is 1.66. The first-order valence-electron chi connectivity index (χ1n) is 11.4. The number of unbranched alkanes of at least 4 members (excludes halogenated alkanes) is 1. The lowest BCUT2D eigenvalue weighted by molar-refractivity contribution is -0.143. The summed E-state index contributed by atoms with van der Waals surface area (Å²) in [5.41, 5.74) is 4.69. The molecule has 0 saturated carbocycles. The van der Waals surface area contributed by atoms with E-state index in [0.29, 0.717) is 18.7 Å². The third-order valence-electron chi connectivity index (χ3n) is 5.71. The molecule has 170 valence electrons. The van der Waals surface area contributed by atoms with Gasteiger partial charge in [-0.1, -0.05) is 19.8 Å². The second-order valence-corrected chi connectivity index (χ2v) is 9.74. The minimum atomic E-state index is -0.174. The lowest BCUT2D eigenvalue weighted by Crippen LogP contribution is -2.41. The summed E-state index contributed by atoms with van der Waals surface area (Å²) in [5, 5.41) is 0. The van der Waals surface area contributed by atoms with Crippen molar-refractivity contribution in [1.29, 1.82) is 0 Å². The minimum absolute atomic E-state index is 0.0238. The average molecular weight is 435 g/mol. The SMILES string of the molecule is CCOC(=O)CCCCc1cnc(C#Cc2cc3c(cc2C)OC(C)(C)CC3(C)C)cn1. The molecule has 3 rings (SSSR count). The van der Waals surface area contributed by atoms with Crippen LogP contribution in [0.4, 0.5) is 0 Å². The largest absolute Gasteiger partial charge is 0.488 e. The van der Waals surface area contributed by atoms with Crippen LogP contribution in [0.5, 0.6) is 5.75 Å². The molecule has 0 amide bonds. The number of aromatic nitrogens is 2. The van der Waals surface area contributed by atoms with E-state index < -0.39 is 0 Å². The van der Waals surface area contributed by atoms with Crippen LogP contribution in [0, 0.1) is 18.8 Å². The Morgan fingerprint density at radius 1 is 1.12 bits per heavy atom. The van der Waals surface area contributed by atoms with Crippen LogP contribution in [0.2, 0.25) is 0 Å². The fourth-order valence-corrected chi connectivity index (χ4v) is 4.41. The van der Waals surface area contributed by atoms with Gasteiger partial charge in [0, 0.05) is 23.7 Å². The molecule has 1 aromatic carbocycles. The van der Waals surface area contributed by atoms with Gasteiger partial charge in [-0.15, -0.1) is 0 Å². The molecule has 32 heavy (non-hydrogen) atoms. The molecule has 0 radical (unpaired) electrons. The van der Waals surface area contributed by atoms with Gasteiger partial charge in [-0.2, -0.15) is 0 Å². The van der Waals surface area contributed by atoms with Crippen molar-refractivity contribution in [2.24, 2.45) is 0 Å². The maximum absolute atomic E-state index is 11.4. The Morgan fingerprint density at radius 2 is 1.91 bits per heavy atom. The number of aryl methyl sites for hydroxylation is 2. The van der Waals surface area contributed by atoms with Crippen molar-refractivity contribution in [3.05, 3.63) is 52.6 Å². The molecule has 5 heteroatoms. The first-order valence-corrected chi connectivity index (χ1v) is 11.4. The van der Waals surface area contributed by atoms with Gasteiger partial charge >= 0.3 is 5.97 Å². The Labute approximate surface area is 192 Å². The van der Waals surface area contributed by atoms with E-state index in [0.717, 1.165) is 48.3 Å². The van der Waals surface area contributed by atoms with Gasteiger partial charge in [-0.3, -0.25) is 9.78 Å². The monoisotopic (exact) mass is 434 g/mol. The molecule has 1 aliphatic rings. The molecule has 2 aromatic rings. The van der Waals surface area contributed by atoms with Gasteiger partial charge < -0.3 is 9.47 Å². The predicted octanol–water partition coefficient (Wildman–Crippen LogP) is 5.30. The topological polar surface area (TPSA) is 61.3 Å². The summed E-state index contributed by atoms with van der Waals surface area (Å²) < 4.78 is 11.2. The van der Waals surface area contributed by atoms with E-state index in [2.05, 4.69) is 68.6 Å². The van der Waals surface area contributed by atoms with Crippen LogP contribution in [0.1, 0.15) is 88.4 Å². The van der Waals surface area contributed by atoms with Crippen LogP contribution >= 0.6 is 0 Å². The normalized spacial score (nSPS) is 15.7. The molecule has 0 fully saturated rings. The van der Waals surface area contributed by atoms with Crippen molar-refractivity contribution in [2.75, 3.05) is 6.61 Å². The Hall–Kier alpha value is -2.87. The zero-order chi connectivity index (χ0) is 23.4. The standard InChI is InChI=1S/C27H34N2O3/c1-7-31-25(30)11-9-8-10-21-16-29-22(17-28-21)13-12-20-15-23-24(14-19(20)2)32-27(5,6)18-26(23,3)4/h14-17H,7-11,18H2,1-6H3. The van der Waals surface area contributed by atoms with Crippen molar-refractivity contribution >= 4 is 5.97 Å². The highest BCUT2D eigenvalue weighted by Crippen LogP contribution is 2.45. The lowest BCUT2D eigenvalue weighted by Gasteiger charge is -2.42. The molecule has 0 atom stereocenters. The molecular weight excluding hydrogens is 400 g/mol. The van der Waals surface area contributed by atoms with E-state index in [-0.39, 0.29) is 17.0 Å². The quantitative estimate of drug-likeness (QED) is 0.351. The number of rotatable bonds is 6. The number of hydrogen-bond acceptors (Lipinski definition) is 5. The van der Waals surface area contributed by atoms with Crippen molar-refractivity contribution in [2.45, 2.75) is 84.7 Å². The van der Waals surface area contributed by atoms with Gasteiger partial charge in [0.1, 0.15) is 17.0 Å². The third kappa shape index (κ3) is 6.09. The van der Waals surface area contributed by atoms with E-state index in [1.807, 2.05) is 6.92 Å². The second kappa shape index (κ2) is 9.73. The first-order chi connectivity index (χ1) is 15.1. The summed E-state index contributed by atoms with van der Waals surface area (Å²) in [5.74, 6) is 7.25. The van der Waals surface area contributed by atoms with Crippen LogP contribution in [0.25, 0.3) is 0 Å². The fourth-order valence-electron chi connectivity index (χ4n) is 4.41. The van der Waals surface area contributed by atoms with Crippen LogP contribution in [0.15, 0.2) is 24.5 Å². The highest BCUT2D eigenvalue weighted by Gasteiger charge is 2.39. The van der Waals surface area contributed by atoms with E-state index in [9.17, 15) is 4.79 Å². The van der Waals surface area contributed by atoms with Gasteiger partial charge in [-0.05, 0) is 82.4 Å². The molecule has 0 aliphatic carbocycles. The molecule has 1 aromatic heterocycles. The van der Waals surface area contributed by atoms with Crippen LogP contribution < -0.4 is 4.74 Å². The summed E-state index contributed by atoms with van der Waals surface area (Å²) >= 11 is 0. The number of fused-ring (bicyclic) bond motifs is 1. The van der Waals surface area contributed by atoms with Crippen molar-refractivity contribution in [3.8, 4) is 17.6 Å². The third-order valence-corrected chi connectivity index (χ3v) is 5.71. The van der Waals surface area contributed by atoms with Gasteiger partial charge in [0.25, 0.3) is 0 Å². The molecule has 1 aliphatic heterocycles. The van der Waals surface area contributed by atoms with Gasteiger partial charge in [0.15, 0.2) is 0 Å². The number of nitrogens with zero attached hydrogens (tertiary/aromatic N) is 2. The number of hydrogen-bond donors (Lipinski definition) is 0. The van der Waals surface area contributed by atoms with Crippen LogP contribution in [-0.2, 0) is 21.4 Å². The zero-order valence-electron chi connectivity index (χ0n) is 20.2. The summed E-state index contributed by atoms with van der Waals surface area (Å²) in [4.78, 5) is 20.3. The van der Waals surface area contributed by atoms with E-state index in [4.69, 9.17) is 9.47 Å². The molecule has 2 heterocycles. The van der Waals surface area contributed by atoms with Gasteiger partial charge in [-0.25, -0.2) is 4.98 Å². The fraction of sp³-hybridized carbons (Fsp3) is 0.519. The van der Waals surface area contributed by atoms with Crippen molar-refractivity contribution in [3.63, 3.8) is 0 Å². The number of benzene rings is 1. The zero-order valence-corrected chi connectivity index (χ0v) is 20.2. The summed E-state index contributed by atoms with van der Waals surface area (Å²) in [6.45, 7) is 13.1. The highest BCUT2D eigenvalue weighted by atomic mass is 16.5. The van der Waals surface area contributed by atoms with E-state index in [1.54, 1.807) is 12.4 Å². The minimum Gasteiger partial charge on any atom is -0.488 e.